The van der Waals surface area contributed by atoms with Crippen LogP contribution in [0.4, 0.5) is 8.78 Å². The zero-order valence-electron chi connectivity index (χ0n) is 18.8. The third-order valence-corrected chi connectivity index (χ3v) is 5.48. The minimum atomic E-state index is -2.90. The Bertz CT molecular complexity index is 1360. The van der Waals surface area contributed by atoms with Crippen molar-refractivity contribution in [2.45, 2.75) is 33.5 Å². The molecule has 0 fully saturated rings. The summed E-state index contributed by atoms with van der Waals surface area (Å²) >= 11 is 0. The number of esters is 1. The molecule has 4 aromatic rings. The molecule has 0 bridgehead atoms. The van der Waals surface area contributed by atoms with E-state index in [2.05, 4.69) is 9.72 Å². The fourth-order valence-corrected chi connectivity index (χ4v) is 3.86. The number of benzene rings is 2. The van der Waals surface area contributed by atoms with Crippen LogP contribution in [-0.2, 0) is 4.74 Å². The summed E-state index contributed by atoms with van der Waals surface area (Å²) in [5, 5.41) is 0.893. The van der Waals surface area contributed by atoms with Crippen molar-refractivity contribution in [3.8, 4) is 11.4 Å². The molecular formula is C26H22F2N2O4. The summed E-state index contributed by atoms with van der Waals surface area (Å²) in [4.78, 5) is 30.0. The number of Topliss-reactive ketones (excluding diaryl/α,β-unsaturated/α-hetero) is 1. The summed E-state index contributed by atoms with van der Waals surface area (Å²) in [6.07, 6.45) is -1.03. The maximum Gasteiger partial charge on any atom is 0.387 e. The minimum absolute atomic E-state index is 0.0420. The zero-order valence-corrected chi connectivity index (χ0v) is 18.8. The summed E-state index contributed by atoms with van der Waals surface area (Å²) in [6, 6.07) is 18.6. The van der Waals surface area contributed by atoms with Crippen LogP contribution in [0, 0.1) is 13.8 Å². The first kappa shape index (κ1) is 23.1. The van der Waals surface area contributed by atoms with Gasteiger partial charge in [-0.25, -0.2) is 9.78 Å². The summed E-state index contributed by atoms with van der Waals surface area (Å²) in [7, 11) is 0. The molecule has 2 heterocycles. The van der Waals surface area contributed by atoms with Crippen molar-refractivity contribution >= 4 is 22.7 Å². The molecular weight excluding hydrogens is 442 g/mol. The van der Waals surface area contributed by atoms with Crippen LogP contribution in [0.5, 0.6) is 5.75 Å². The molecule has 34 heavy (non-hydrogen) atoms. The molecule has 0 radical (unpaired) electrons. The fraction of sp³-hybridized carbons (Fsp3) is 0.192. The number of fused-ring (bicyclic) bond motifs is 1. The van der Waals surface area contributed by atoms with Gasteiger partial charge in [-0.2, -0.15) is 8.78 Å². The SMILES string of the molecule is Cc1cc(C(=O)C(C)OC(=O)c2ccc3ccccc3n2)c(C)n1-c1ccc(OC(F)F)cc1. The third kappa shape index (κ3) is 4.66. The van der Waals surface area contributed by atoms with Crippen LogP contribution in [0.25, 0.3) is 16.6 Å². The lowest BCUT2D eigenvalue weighted by Gasteiger charge is -2.14. The van der Waals surface area contributed by atoms with E-state index in [1.807, 2.05) is 29.7 Å². The summed E-state index contributed by atoms with van der Waals surface area (Å²) < 4.78 is 36.4. The summed E-state index contributed by atoms with van der Waals surface area (Å²) in [5.41, 5.74) is 3.26. The molecule has 0 aliphatic heterocycles. The Morgan fingerprint density at radius 2 is 1.68 bits per heavy atom. The van der Waals surface area contributed by atoms with Crippen molar-refractivity contribution in [1.82, 2.24) is 9.55 Å². The predicted molar refractivity (Wildman–Crippen MR) is 123 cm³/mol. The molecule has 0 aliphatic rings. The maximum atomic E-state index is 13.1. The van der Waals surface area contributed by atoms with Crippen molar-refractivity contribution < 1.29 is 27.8 Å². The number of ether oxygens (including phenoxy) is 2. The van der Waals surface area contributed by atoms with Gasteiger partial charge >= 0.3 is 12.6 Å². The van der Waals surface area contributed by atoms with Gasteiger partial charge in [0.2, 0.25) is 5.78 Å². The Morgan fingerprint density at radius 1 is 0.971 bits per heavy atom. The maximum absolute atomic E-state index is 13.1. The highest BCUT2D eigenvalue weighted by Crippen LogP contribution is 2.25. The average Bonchev–Trinajstić information content (AvgIpc) is 3.12. The fourth-order valence-electron chi connectivity index (χ4n) is 3.86. The Morgan fingerprint density at radius 3 is 2.38 bits per heavy atom. The number of nitrogens with zero attached hydrogens (tertiary/aromatic N) is 2. The molecule has 1 unspecified atom stereocenters. The van der Waals surface area contributed by atoms with E-state index in [1.165, 1.54) is 19.1 Å². The Kier molecular flexibility index (Phi) is 6.40. The van der Waals surface area contributed by atoms with E-state index in [4.69, 9.17) is 4.74 Å². The molecule has 0 N–H and O–H groups in total. The van der Waals surface area contributed by atoms with Crippen LogP contribution >= 0.6 is 0 Å². The van der Waals surface area contributed by atoms with Gasteiger partial charge in [-0.3, -0.25) is 4.79 Å². The molecule has 0 aliphatic carbocycles. The number of aromatic nitrogens is 2. The monoisotopic (exact) mass is 464 g/mol. The van der Waals surface area contributed by atoms with E-state index in [9.17, 15) is 18.4 Å². The zero-order chi connectivity index (χ0) is 24.4. The Labute approximate surface area is 194 Å². The molecule has 0 saturated heterocycles. The lowest BCUT2D eigenvalue weighted by Crippen LogP contribution is -2.25. The van der Waals surface area contributed by atoms with E-state index >= 15 is 0 Å². The number of aryl methyl sites for hydroxylation is 1. The summed E-state index contributed by atoms with van der Waals surface area (Å²) in [6.45, 7) is 2.20. The number of alkyl halides is 2. The van der Waals surface area contributed by atoms with Gasteiger partial charge in [-0.15, -0.1) is 0 Å². The van der Waals surface area contributed by atoms with Gasteiger partial charge in [0.15, 0.2) is 6.10 Å². The van der Waals surface area contributed by atoms with Gasteiger partial charge < -0.3 is 14.0 Å². The van der Waals surface area contributed by atoms with Crippen molar-refractivity contribution in [2.24, 2.45) is 0 Å². The van der Waals surface area contributed by atoms with Gasteiger partial charge in [-0.1, -0.05) is 24.3 Å². The van der Waals surface area contributed by atoms with Gasteiger partial charge in [0.05, 0.1) is 5.52 Å². The van der Waals surface area contributed by atoms with Gasteiger partial charge in [0, 0.05) is 28.0 Å². The highest BCUT2D eigenvalue weighted by Gasteiger charge is 2.25. The largest absolute Gasteiger partial charge is 0.450 e. The number of pyridine rings is 1. The van der Waals surface area contributed by atoms with Crippen LogP contribution < -0.4 is 4.74 Å². The number of ketones is 1. The second kappa shape index (κ2) is 9.43. The number of hydrogen-bond donors (Lipinski definition) is 0. The highest BCUT2D eigenvalue weighted by atomic mass is 19.3. The lowest BCUT2D eigenvalue weighted by molar-refractivity contribution is -0.0498. The number of carbonyl (C=O) groups is 2. The quantitative estimate of drug-likeness (QED) is 0.260. The Hall–Kier alpha value is -4.07. The molecule has 0 spiro atoms. The third-order valence-electron chi connectivity index (χ3n) is 5.48. The number of halogens is 2. The van der Waals surface area contributed by atoms with Crippen LogP contribution in [0.1, 0.15) is 39.2 Å². The minimum Gasteiger partial charge on any atom is -0.450 e. The molecule has 2 aromatic heterocycles. The molecule has 174 valence electrons. The molecule has 4 rings (SSSR count). The Balaban J connectivity index is 1.52. The molecule has 8 heteroatoms. The normalized spacial score (nSPS) is 12.1. The predicted octanol–water partition coefficient (Wildman–Crippen LogP) is 5.67. The van der Waals surface area contributed by atoms with Gasteiger partial charge in [0.1, 0.15) is 11.4 Å². The molecule has 0 saturated carbocycles. The van der Waals surface area contributed by atoms with Crippen molar-refractivity contribution in [3.63, 3.8) is 0 Å². The van der Waals surface area contributed by atoms with Crippen molar-refractivity contribution in [3.05, 3.63) is 89.4 Å². The second-order valence-electron chi connectivity index (χ2n) is 7.79. The van der Waals surface area contributed by atoms with Crippen LogP contribution in [0.3, 0.4) is 0 Å². The highest BCUT2D eigenvalue weighted by molar-refractivity contribution is 6.02. The molecule has 1 atom stereocenters. The first-order valence-electron chi connectivity index (χ1n) is 10.6. The lowest BCUT2D eigenvalue weighted by atomic mass is 10.1. The van der Waals surface area contributed by atoms with Crippen LogP contribution in [0.2, 0.25) is 0 Å². The van der Waals surface area contributed by atoms with E-state index < -0.39 is 18.7 Å². The molecule has 0 amide bonds. The summed E-state index contributed by atoms with van der Waals surface area (Å²) in [5.74, 6) is -0.999. The first-order chi connectivity index (χ1) is 16.2. The standard InChI is InChI=1S/C26H22F2N2O4/c1-15-14-21(16(2)30(15)19-9-11-20(12-10-19)34-26(27)28)24(31)17(3)33-25(32)23-13-8-18-6-4-5-7-22(18)29-23/h4-14,17,26H,1-3H3. The number of para-hydroxylation sites is 1. The van der Waals surface area contributed by atoms with E-state index in [0.717, 1.165) is 11.1 Å². The van der Waals surface area contributed by atoms with Gasteiger partial charge in [0.25, 0.3) is 0 Å². The van der Waals surface area contributed by atoms with E-state index in [1.54, 1.807) is 43.3 Å². The number of hydrogen-bond acceptors (Lipinski definition) is 5. The topological polar surface area (TPSA) is 70.4 Å². The molecule has 2 aromatic carbocycles. The average molecular weight is 464 g/mol. The van der Waals surface area contributed by atoms with Crippen molar-refractivity contribution in [2.75, 3.05) is 0 Å². The number of rotatable bonds is 7. The first-order valence-corrected chi connectivity index (χ1v) is 10.6. The van der Waals surface area contributed by atoms with E-state index in [0.29, 0.717) is 22.5 Å². The number of carbonyl (C=O) groups excluding carboxylic acids is 2. The smallest absolute Gasteiger partial charge is 0.387 e. The van der Waals surface area contributed by atoms with Gasteiger partial charge in [-0.05, 0) is 63.2 Å². The molecule has 6 nitrogen and oxygen atoms in total. The van der Waals surface area contributed by atoms with Crippen molar-refractivity contribution in [1.29, 1.82) is 0 Å². The van der Waals surface area contributed by atoms with Crippen LogP contribution in [0.15, 0.2) is 66.7 Å². The van der Waals surface area contributed by atoms with E-state index in [-0.39, 0.29) is 17.2 Å². The second-order valence-corrected chi connectivity index (χ2v) is 7.79. The van der Waals surface area contributed by atoms with Crippen LogP contribution in [-0.4, -0.2) is 34.0 Å².